The summed E-state index contributed by atoms with van der Waals surface area (Å²) in [6, 6.07) is 12.3. The molecule has 19 heavy (non-hydrogen) atoms. The van der Waals surface area contributed by atoms with Crippen LogP contribution in [0.1, 0.15) is 11.1 Å². The fourth-order valence-corrected chi connectivity index (χ4v) is 2.68. The minimum atomic E-state index is 0.543. The number of benzene rings is 2. The molecule has 0 unspecified atom stereocenters. The molecule has 0 aliphatic carbocycles. The van der Waals surface area contributed by atoms with Crippen molar-refractivity contribution in [3.8, 4) is 11.4 Å². The molecule has 0 saturated heterocycles. The van der Waals surface area contributed by atoms with Gasteiger partial charge in [-0.25, -0.2) is 4.98 Å². The normalized spacial score (nSPS) is 11.1. The van der Waals surface area contributed by atoms with Crippen LogP contribution in [0.15, 0.2) is 40.9 Å². The summed E-state index contributed by atoms with van der Waals surface area (Å²) in [4.78, 5) is 8.00. The van der Waals surface area contributed by atoms with Crippen molar-refractivity contribution >= 4 is 27.0 Å². The summed E-state index contributed by atoms with van der Waals surface area (Å²) >= 11 is 3.48. The first-order valence-electron chi connectivity index (χ1n) is 6.12. The molecule has 0 aliphatic rings. The fraction of sp³-hybridized carbons (Fsp3) is 0.133. The van der Waals surface area contributed by atoms with Crippen LogP contribution in [-0.2, 0) is 6.54 Å². The van der Waals surface area contributed by atoms with Crippen molar-refractivity contribution in [3.05, 3.63) is 52.0 Å². The SMILES string of the molecule is Cc1cc(Br)ccc1-c1nc2ccc(CN)cc2[nH]1. The lowest BCUT2D eigenvalue weighted by Gasteiger charge is -2.02. The van der Waals surface area contributed by atoms with E-state index in [-0.39, 0.29) is 0 Å². The first-order chi connectivity index (χ1) is 9.17. The first-order valence-corrected chi connectivity index (χ1v) is 6.92. The number of fused-ring (bicyclic) bond motifs is 1. The van der Waals surface area contributed by atoms with E-state index in [9.17, 15) is 0 Å². The molecule has 1 heterocycles. The number of halogens is 1. The summed E-state index contributed by atoms with van der Waals surface area (Å²) in [6.45, 7) is 2.63. The van der Waals surface area contributed by atoms with Crippen molar-refractivity contribution in [3.63, 3.8) is 0 Å². The van der Waals surface area contributed by atoms with Crippen molar-refractivity contribution in [2.45, 2.75) is 13.5 Å². The van der Waals surface area contributed by atoms with Gasteiger partial charge >= 0.3 is 0 Å². The number of aryl methyl sites for hydroxylation is 1. The van der Waals surface area contributed by atoms with Gasteiger partial charge in [-0.2, -0.15) is 0 Å². The van der Waals surface area contributed by atoms with Gasteiger partial charge < -0.3 is 10.7 Å². The lowest BCUT2D eigenvalue weighted by molar-refractivity contribution is 1.07. The number of nitrogens with one attached hydrogen (secondary N) is 1. The van der Waals surface area contributed by atoms with Crippen LogP contribution < -0.4 is 5.73 Å². The molecule has 3 N–H and O–H groups in total. The third kappa shape index (κ3) is 2.29. The van der Waals surface area contributed by atoms with Gasteiger partial charge in [-0.05, 0) is 48.4 Å². The first kappa shape index (κ1) is 12.4. The smallest absolute Gasteiger partial charge is 0.138 e. The molecule has 3 aromatic rings. The molecule has 96 valence electrons. The maximum absolute atomic E-state index is 5.66. The zero-order valence-electron chi connectivity index (χ0n) is 10.6. The van der Waals surface area contributed by atoms with Crippen molar-refractivity contribution in [2.24, 2.45) is 5.73 Å². The number of aromatic amines is 1. The van der Waals surface area contributed by atoms with E-state index < -0.39 is 0 Å². The molecule has 0 fully saturated rings. The van der Waals surface area contributed by atoms with Crippen LogP contribution in [0.3, 0.4) is 0 Å². The second kappa shape index (κ2) is 4.79. The summed E-state index contributed by atoms with van der Waals surface area (Å²) in [5.41, 5.74) is 11.1. The van der Waals surface area contributed by atoms with Crippen molar-refractivity contribution in [2.75, 3.05) is 0 Å². The molecule has 0 bridgehead atoms. The highest BCUT2D eigenvalue weighted by molar-refractivity contribution is 9.10. The molecular formula is C15H14BrN3. The number of nitrogens with two attached hydrogens (primary N) is 1. The third-order valence-corrected chi connectivity index (χ3v) is 3.72. The molecule has 3 nitrogen and oxygen atoms in total. The molecule has 0 radical (unpaired) electrons. The Kier molecular flexibility index (Phi) is 3.12. The quantitative estimate of drug-likeness (QED) is 0.756. The van der Waals surface area contributed by atoms with Gasteiger partial charge in [-0.1, -0.05) is 22.0 Å². The van der Waals surface area contributed by atoms with Gasteiger partial charge in [0, 0.05) is 16.6 Å². The highest BCUT2D eigenvalue weighted by Crippen LogP contribution is 2.26. The Balaban J connectivity index is 2.14. The average Bonchev–Trinajstić information content (AvgIpc) is 2.80. The summed E-state index contributed by atoms with van der Waals surface area (Å²) in [5.74, 6) is 0.897. The van der Waals surface area contributed by atoms with Gasteiger partial charge in [0.05, 0.1) is 11.0 Å². The van der Waals surface area contributed by atoms with E-state index >= 15 is 0 Å². The Morgan fingerprint density at radius 1 is 1.21 bits per heavy atom. The third-order valence-electron chi connectivity index (χ3n) is 3.23. The molecule has 4 heteroatoms. The molecule has 2 aromatic carbocycles. The van der Waals surface area contributed by atoms with E-state index in [0.717, 1.165) is 32.5 Å². The van der Waals surface area contributed by atoms with Gasteiger partial charge in [0.15, 0.2) is 0 Å². The van der Waals surface area contributed by atoms with Crippen LogP contribution in [-0.4, -0.2) is 9.97 Å². The minimum Gasteiger partial charge on any atom is -0.338 e. The van der Waals surface area contributed by atoms with Crippen molar-refractivity contribution in [1.29, 1.82) is 0 Å². The second-order valence-corrected chi connectivity index (χ2v) is 5.52. The van der Waals surface area contributed by atoms with E-state index in [0.29, 0.717) is 6.54 Å². The van der Waals surface area contributed by atoms with E-state index in [1.807, 2.05) is 18.2 Å². The molecule has 1 aromatic heterocycles. The number of H-pyrrole nitrogens is 1. The summed E-state index contributed by atoms with van der Waals surface area (Å²) in [5, 5.41) is 0. The Morgan fingerprint density at radius 3 is 2.79 bits per heavy atom. The summed E-state index contributed by atoms with van der Waals surface area (Å²) in [6.07, 6.45) is 0. The molecule has 0 atom stereocenters. The molecule has 0 aliphatic heterocycles. The van der Waals surface area contributed by atoms with E-state index in [4.69, 9.17) is 5.73 Å². The van der Waals surface area contributed by atoms with Gasteiger partial charge in [0.2, 0.25) is 0 Å². The van der Waals surface area contributed by atoms with Crippen LogP contribution in [0.2, 0.25) is 0 Å². The fourth-order valence-electron chi connectivity index (χ4n) is 2.20. The largest absolute Gasteiger partial charge is 0.338 e. The molecule has 0 spiro atoms. The summed E-state index contributed by atoms with van der Waals surface area (Å²) in [7, 11) is 0. The predicted octanol–water partition coefficient (Wildman–Crippen LogP) is 3.76. The number of hydrogen-bond donors (Lipinski definition) is 2. The number of hydrogen-bond acceptors (Lipinski definition) is 2. The molecule has 0 saturated carbocycles. The van der Waals surface area contributed by atoms with Gasteiger partial charge in [-0.3, -0.25) is 0 Å². The zero-order valence-corrected chi connectivity index (χ0v) is 12.2. The van der Waals surface area contributed by atoms with Crippen LogP contribution in [0.5, 0.6) is 0 Å². The molecule has 3 rings (SSSR count). The van der Waals surface area contributed by atoms with Gasteiger partial charge in [0.1, 0.15) is 5.82 Å². The second-order valence-electron chi connectivity index (χ2n) is 4.60. The van der Waals surface area contributed by atoms with E-state index in [1.165, 1.54) is 5.56 Å². The summed E-state index contributed by atoms with van der Waals surface area (Å²) < 4.78 is 1.08. The maximum atomic E-state index is 5.66. The van der Waals surface area contributed by atoms with Crippen LogP contribution in [0.25, 0.3) is 22.4 Å². The van der Waals surface area contributed by atoms with Gasteiger partial charge in [0.25, 0.3) is 0 Å². The van der Waals surface area contributed by atoms with Crippen molar-refractivity contribution < 1.29 is 0 Å². The van der Waals surface area contributed by atoms with Gasteiger partial charge in [-0.15, -0.1) is 0 Å². The lowest BCUT2D eigenvalue weighted by atomic mass is 10.1. The molecular weight excluding hydrogens is 302 g/mol. The predicted molar refractivity (Wildman–Crippen MR) is 81.9 cm³/mol. The Labute approximate surface area is 120 Å². The monoisotopic (exact) mass is 315 g/mol. The zero-order chi connectivity index (χ0) is 13.4. The maximum Gasteiger partial charge on any atom is 0.138 e. The Hall–Kier alpha value is -1.65. The van der Waals surface area contributed by atoms with E-state index in [1.54, 1.807) is 0 Å². The highest BCUT2D eigenvalue weighted by Gasteiger charge is 2.08. The van der Waals surface area contributed by atoms with E-state index in [2.05, 4.69) is 51.0 Å². The number of nitrogens with zero attached hydrogens (tertiary/aromatic N) is 1. The standard InChI is InChI=1S/C15H14BrN3/c1-9-6-11(16)3-4-12(9)15-18-13-5-2-10(8-17)7-14(13)19-15/h2-7H,8,17H2,1H3,(H,18,19). The van der Waals surface area contributed by atoms with Crippen LogP contribution >= 0.6 is 15.9 Å². The Bertz CT molecular complexity index is 746. The molecule has 0 amide bonds. The number of aromatic nitrogens is 2. The van der Waals surface area contributed by atoms with Crippen molar-refractivity contribution in [1.82, 2.24) is 9.97 Å². The number of imidazole rings is 1. The topological polar surface area (TPSA) is 54.7 Å². The minimum absolute atomic E-state index is 0.543. The highest BCUT2D eigenvalue weighted by atomic mass is 79.9. The number of rotatable bonds is 2. The lowest BCUT2D eigenvalue weighted by Crippen LogP contribution is -1.95. The van der Waals surface area contributed by atoms with Crippen LogP contribution in [0, 0.1) is 6.92 Å². The Morgan fingerprint density at radius 2 is 2.05 bits per heavy atom. The average molecular weight is 316 g/mol. The van der Waals surface area contributed by atoms with Crippen LogP contribution in [0.4, 0.5) is 0 Å².